The summed E-state index contributed by atoms with van der Waals surface area (Å²) < 4.78 is 0.772. The lowest BCUT2D eigenvalue weighted by molar-refractivity contribution is -0.384. The van der Waals surface area contributed by atoms with Crippen LogP contribution in [0.2, 0.25) is 0 Å². The Morgan fingerprint density at radius 3 is 2.72 bits per heavy atom. The maximum absolute atomic E-state index is 10.6. The van der Waals surface area contributed by atoms with Gasteiger partial charge in [0, 0.05) is 27.9 Å². The van der Waals surface area contributed by atoms with Crippen molar-refractivity contribution in [2.24, 2.45) is 0 Å². The molecule has 1 aromatic rings. The van der Waals surface area contributed by atoms with E-state index in [4.69, 9.17) is 0 Å². The van der Waals surface area contributed by atoms with Crippen molar-refractivity contribution in [1.82, 2.24) is 0 Å². The third-order valence-electron chi connectivity index (χ3n) is 2.61. The number of halogens is 1. The molecule has 6 heteroatoms. The molecule has 0 aliphatic heterocycles. The molecule has 0 amide bonds. The Morgan fingerprint density at radius 1 is 1.56 bits per heavy atom. The molecule has 1 unspecified atom stereocenters. The van der Waals surface area contributed by atoms with Crippen molar-refractivity contribution in [1.29, 1.82) is 0 Å². The molecule has 2 N–H and O–H groups in total. The second-order valence-corrected chi connectivity index (χ2v) is 5.68. The van der Waals surface area contributed by atoms with Crippen LogP contribution in [0.3, 0.4) is 0 Å². The minimum absolute atomic E-state index is 0.0743. The van der Waals surface area contributed by atoms with Gasteiger partial charge in [-0.1, -0.05) is 13.3 Å². The van der Waals surface area contributed by atoms with Crippen LogP contribution in [0, 0.1) is 13.7 Å². The maximum Gasteiger partial charge on any atom is 0.270 e. The molecule has 0 spiro atoms. The van der Waals surface area contributed by atoms with Crippen LogP contribution >= 0.6 is 22.6 Å². The van der Waals surface area contributed by atoms with Gasteiger partial charge in [-0.05, 0) is 42.0 Å². The molecule has 5 nitrogen and oxygen atoms in total. The van der Waals surface area contributed by atoms with E-state index in [0.717, 1.165) is 15.7 Å². The van der Waals surface area contributed by atoms with Crippen LogP contribution in [0.25, 0.3) is 0 Å². The molecule has 0 saturated carbocycles. The van der Waals surface area contributed by atoms with Gasteiger partial charge in [-0.2, -0.15) is 0 Å². The molecule has 0 aromatic heterocycles. The largest absolute Gasteiger partial charge is 0.388 e. The standard InChI is InChI=1S/C12H17IN2O3/c1-3-6-12(2,16)8-14-11-5-4-9(15(17)18)7-10(11)13/h4-5,7,14,16H,3,6,8H2,1-2H3. The number of nitro groups is 1. The van der Waals surface area contributed by atoms with Crippen molar-refractivity contribution < 1.29 is 10.0 Å². The predicted molar refractivity (Wildman–Crippen MR) is 79.8 cm³/mol. The Hall–Kier alpha value is -0.890. The predicted octanol–water partition coefficient (Wildman–Crippen LogP) is 3.16. The van der Waals surface area contributed by atoms with Crippen molar-refractivity contribution in [3.05, 3.63) is 31.9 Å². The van der Waals surface area contributed by atoms with Crippen molar-refractivity contribution in [3.8, 4) is 0 Å². The molecule has 0 radical (unpaired) electrons. The monoisotopic (exact) mass is 364 g/mol. The van der Waals surface area contributed by atoms with Gasteiger partial charge >= 0.3 is 0 Å². The van der Waals surface area contributed by atoms with Gasteiger partial charge < -0.3 is 10.4 Å². The summed E-state index contributed by atoms with van der Waals surface area (Å²) in [7, 11) is 0. The number of aliphatic hydroxyl groups is 1. The molecule has 18 heavy (non-hydrogen) atoms. The summed E-state index contributed by atoms with van der Waals surface area (Å²) in [5, 5.41) is 23.8. The molecular formula is C12H17IN2O3. The number of non-ortho nitro benzene ring substituents is 1. The highest BCUT2D eigenvalue weighted by Gasteiger charge is 2.19. The summed E-state index contributed by atoms with van der Waals surface area (Å²) in [5.74, 6) is 0. The van der Waals surface area contributed by atoms with Crippen LogP contribution in [-0.2, 0) is 0 Å². The molecule has 0 fully saturated rings. The Labute approximate surface area is 120 Å². The van der Waals surface area contributed by atoms with E-state index in [1.54, 1.807) is 13.0 Å². The smallest absolute Gasteiger partial charge is 0.270 e. The summed E-state index contributed by atoms with van der Waals surface area (Å²) in [4.78, 5) is 10.2. The fourth-order valence-electron chi connectivity index (χ4n) is 1.67. The minimum Gasteiger partial charge on any atom is -0.388 e. The van der Waals surface area contributed by atoms with Crippen molar-refractivity contribution >= 4 is 34.0 Å². The fourth-order valence-corrected chi connectivity index (χ4v) is 2.36. The van der Waals surface area contributed by atoms with Crippen molar-refractivity contribution in [2.75, 3.05) is 11.9 Å². The SMILES string of the molecule is CCCC(C)(O)CNc1ccc([N+](=O)[O-])cc1I. The number of hydrogen-bond donors (Lipinski definition) is 2. The van der Waals surface area contributed by atoms with E-state index >= 15 is 0 Å². The summed E-state index contributed by atoms with van der Waals surface area (Å²) in [6.45, 7) is 4.22. The van der Waals surface area contributed by atoms with Gasteiger partial charge in [0.15, 0.2) is 0 Å². The highest BCUT2D eigenvalue weighted by atomic mass is 127. The number of nitrogens with one attached hydrogen (secondary N) is 1. The van der Waals surface area contributed by atoms with Crippen LogP contribution in [-0.4, -0.2) is 22.2 Å². The molecule has 0 heterocycles. The lowest BCUT2D eigenvalue weighted by Gasteiger charge is -2.23. The van der Waals surface area contributed by atoms with Crippen LogP contribution < -0.4 is 5.32 Å². The molecule has 0 aliphatic carbocycles. The molecule has 0 bridgehead atoms. The number of benzene rings is 1. The molecule has 0 aliphatic rings. The number of nitro benzene ring substituents is 1. The van der Waals surface area contributed by atoms with Crippen LogP contribution in [0.5, 0.6) is 0 Å². The van der Waals surface area contributed by atoms with Crippen LogP contribution in [0.15, 0.2) is 18.2 Å². The molecule has 100 valence electrons. The Balaban J connectivity index is 2.71. The zero-order valence-electron chi connectivity index (χ0n) is 10.4. The second-order valence-electron chi connectivity index (χ2n) is 4.52. The number of anilines is 1. The Morgan fingerprint density at radius 2 is 2.22 bits per heavy atom. The highest BCUT2D eigenvalue weighted by molar-refractivity contribution is 14.1. The Kier molecular flexibility index (Phi) is 5.33. The van der Waals surface area contributed by atoms with E-state index < -0.39 is 10.5 Å². The quantitative estimate of drug-likeness (QED) is 0.462. The van der Waals surface area contributed by atoms with E-state index in [2.05, 4.69) is 5.32 Å². The second kappa shape index (κ2) is 6.33. The Bertz CT molecular complexity index is 435. The third kappa shape index (κ3) is 4.41. The first-order valence-electron chi connectivity index (χ1n) is 5.76. The summed E-state index contributed by atoms with van der Waals surface area (Å²) in [6, 6.07) is 4.64. The fraction of sp³-hybridized carbons (Fsp3) is 0.500. The molecular weight excluding hydrogens is 347 g/mol. The first kappa shape index (κ1) is 15.2. The van der Waals surface area contributed by atoms with Gasteiger partial charge in [0.05, 0.1) is 10.5 Å². The van der Waals surface area contributed by atoms with Crippen LogP contribution in [0.1, 0.15) is 26.7 Å². The number of nitrogens with zero attached hydrogens (tertiary/aromatic N) is 1. The van der Waals surface area contributed by atoms with Gasteiger partial charge in [0.1, 0.15) is 0 Å². The van der Waals surface area contributed by atoms with Gasteiger partial charge in [0.25, 0.3) is 5.69 Å². The summed E-state index contributed by atoms with van der Waals surface area (Å²) >= 11 is 2.04. The highest BCUT2D eigenvalue weighted by Crippen LogP contribution is 2.24. The zero-order chi connectivity index (χ0) is 13.8. The first-order valence-corrected chi connectivity index (χ1v) is 6.84. The van der Waals surface area contributed by atoms with Crippen molar-refractivity contribution in [2.45, 2.75) is 32.3 Å². The normalized spacial score (nSPS) is 14.0. The van der Waals surface area contributed by atoms with E-state index in [1.807, 2.05) is 29.5 Å². The van der Waals surface area contributed by atoms with Crippen molar-refractivity contribution in [3.63, 3.8) is 0 Å². The maximum atomic E-state index is 10.6. The number of rotatable bonds is 6. The topological polar surface area (TPSA) is 75.4 Å². The lowest BCUT2D eigenvalue weighted by atomic mass is 10.0. The lowest BCUT2D eigenvalue weighted by Crippen LogP contribution is -2.33. The van der Waals surface area contributed by atoms with Gasteiger partial charge in [-0.3, -0.25) is 10.1 Å². The average molecular weight is 364 g/mol. The average Bonchev–Trinajstić information content (AvgIpc) is 2.27. The zero-order valence-corrected chi connectivity index (χ0v) is 12.6. The summed E-state index contributed by atoms with van der Waals surface area (Å²) in [5.41, 5.74) is 0.113. The van der Waals surface area contributed by atoms with Crippen LogP contribution in [0.4, 0.5) is 11.4 Å². The molecule has 1 atom stereocenters. The molecule has 1 rings (SSSR count). The van der Waals surface area contributed by atoms with E-state index in [9.17, 15) is 15.2 Å². The van der Waals surface area contributed by atoms with Gasteiger partial charge in [0.2, 0.25) is 0 Å². The first-order chi connectivity index (χ1) is 8.35. The van der Waals surface area contributed by atoms with Gasteiger partial charge in [-0.25, -0.2) is 0 Å². The van der Waals surface area contributed by atoms with E-state index in [-0.39, 0.29) is 5.69 Å². The molecule has 1 aromatic carbocycles. The minimum atomic E-state index is -0.764. The number of hydrogen-bond acceptors (Lipinski definition) is 4. The van der Waals surface area contributed by atoms with E-state index in [1.165, 1.54) is 12.1 Å². The third-order valence-corrected chi connectivity index (χ3v) is 3.50. The van der Waals surface area contributed by atoms with Gasteiger partial charge in [-0.15, -0.1) is 0 Å². The van der Waals surface area contributed by atoms with E-state index in [0.29, 0.717) is 13.0 Å². The summed E-state index contributed by atoms with van der Waals surface area (Å²) in [6.07, 6.45) is 1.62. The molecule has 0 saturated heterocycles.